The Morgan fingerprint density at radius 2 is 1.85 bits per heavy atom. The van der Waals surface area contributed by atoms with E-state index in [0.29, 0.717) is 22.5 Å². The monoisotopic (exact) mass is 388 g/mol. The predicted octanol–water partition coefficient (Wildman–Crippen LogP) is 6.04. The van der Waals surface area contributed by atoms with Crippen LogP contribution < -0.4 is 0 Å². The van der Waals surface area contributed by atoms with Crippen LogP contribution in [-0.2, 0) is 4.74 Å². The third-order valence-electron chi connectivity index (χ3n) is 7.61. The molecule has 1 fully saturated rings. The van der Waals surface area contributed by atoms with Crippen molar-refractivity contribution in [2.75, 3.05) is 20.3 Å². The molecule has 1 saturated heterocycles. The maximum atomic E-state index is 5.45. The van der Waals surface area contributed by atoms with Gasteiger partial charge in [-0.25, -0.2) is 0 Å². The number of benzene rings is 1. The molecule has 2 atom stereocenters. The van der Waals surface area contributed by atoms with Crippen molar-refractivity contribution < 1.29 is 4.74 Å². The molecule has 0 amide bonds. The lowest BCUT2D eigenvalue weighted by Crippen LogP contribution is -2.48. The lowest BCUT2D eigenvalue weighted by Gasteiger charge is -2.47. The zero-order valence-electron chi connectivity index (χ0n) is 18.7. The first-order chi connectivity index (χ1) is 12.6. The first-order valence-corrected chi connectivity index (χ1v) is 13.6. The quantitative estimate of drug-likeness (QED) is 0.401. The molecule has 1 aromatic rings. The van der Waals surface area contributed by atoms with E-state index in [4.69, 9.17) is 9.84 Å². The minimum absolute atomic E-state index is 0.332. The summed E-state index contributed by atoms with van der Waals surface area (Å²) in [6, 6.07) is 11.2. The van der Waals surface area contributed by atoms with E-state index in [1.54, 1.807) is 7.11 Å². The second-order valence-corrected chi connectivity index (χ2v) is 15.2. The first-order valence-electron chi connectivity index (χ1n) is 10.5. The highest BCUT2D eigenvalue weighted by molar-refractivity contribution is 6.84. The Kier molecular flexibility index (Phi) is 7.31. The molecule has 1 heterocycles. The van der Waals surface area contributed by atoms with Crippen LogP contribution >= 0.6 is 0 Å². The van der Waals surface area contributed by atoms with E-state index in [2.05, 4.69) is 83.1 Å². The van der Waals surface area contributed by atoms with E-state index in [9.17, 15) is 0 Å². The number of nitrogens with zero attached hydrogens (tertiary/aromatic N) is 2. The van der Waals surface area contributed by atoms with Crippen molar-refractivity contribution in [1.29, 1.82) is 0 Å². The fraction of sp³-hybridized carbons (Fsp3) is 0.696. The lowest BCUT2D eigenvalue weighted by molar-refractivity contribution is 0.118. The fourth-order valence-corrected chi connectivity index (χ4v) is 7.61. The molecule has 1 aliphatic heterocycles. The van der Waals surface area contributed by atoms with Crippen LogP contribution in [-0.4, -0.2) is 45.1 Å². The van der Waals surface area contributed by atoms with Gasteiger partial charge in [0.25, 0.3) is 0 Å². The Balaban J connectivity index is 2.46. The Morgan fingerprint density at radius 1 is 1.22 bits per heavy atom. The standard InChI is InChI=1S/C23H40N2OSi/c1-18(2)23(4,5)27(7,8)19(3)22(20-13-10-9-11-14-20)24-25-16-12-15-21(25)17-26-6/h9-11,13-14,18-19,21H,12,15-17H2,1-8H3/t19-,21+/m1/s1. The van der Waals surface area contributed by atoms with Gasteiger partial charge in [0.15, 0.2) is 0 Å². The molecule has 0 spiro atoms. The summed E-state index contributed by atoms with van der Waals surface area (Å²) in [4.78, 5) is 0. The van der Waals surface area contributed by atoms with Crippen LogP contribution in [0.2, 0.25) is 23.7 Å². The van der Waals surface area contributed by atoms with Crippen molar-refractivity contribution in [3.8, 4) is 0 Å². The van der Waals surface area contributed by atoms with Gasteiger partial charge in [0.2, 0.25) is 0 Å². The molecule has 0 aliphatic carbocycles. The number of rotatable bonds is 8. The molecular weight excluding hydrogens is 348 g/mol. The van der Waals surface area contributed by atoms with Crippen LogP contribution in [0, 0.1) is 5.92 Å². The van der Waals surface area contributed by atoms with E-state index in [1.807, 2.05) is 0 Å². The maximum absolute atomic E-state index is 5.45. The number of methoxy groups -OCH3 is 1. The van der Waals surface area contributed by atoms with Gasteiger partial charge >= 0.3 is 0 Å². The zero-order valence-corrected chi connectivity index (χ0v) is 19.7. The highest BCUT2D eigenvalue weighted by atomic mass is 28.3. The number of hydrogen-bond donors (Lipinski definition) is 0. The minimum atomic E-state index is -1.64. The average Bonchev–Trinajstić information content (AvgIpc) is 3.06. The second-order valence-electron chi connectivity index (χ2n) is 9.59. The normalized spacial score (nSPS) is 20.4. The molecule has 152 valence electrons. The Bertz CT molecular complexity index is 625. The first kappa shape index (κ1) is 22.2. The van der Waals surface area contributed by atoms with Gasteiger partial charge in [0.1, 0.15) is 0 Å². The third-order valence-corrected chi connectivity index (χ3v) is 13.9. The molecule has 0 unspecified atom stereocenters. The summed E-state index contributed by atoms with van der Waals surface area (Å²) < 4.78 is 5.45. The number of ether oxygens (including phenoxy) is 1. The van der Waals surface area contributed by atoms with Crippen LogP contribution in [0.1, 0.15) is 53.0 Å². The highest BCUT2D eigenvalue weighted by Crippen LogP contribution is 2.50. The summed E-state index contributed by atoms with van der Waals surface area (Å²) in [7, 11) is 0.149. The molecule has 1 aliphatic rings. The smallest absolute Gasteiger partial charge is 0.0704 e. The highest BCUT2D eigenvalue weighted by Gasteiger charge is 2.47. The van der Waals surface area contributed by atoms with E-state index < -0.39 is 8.07 Å². The van der Waals surface area contributed by atoms with E-state index in [0.717, 1.165) is 13.2 Å². The molecule has 0 saturated carbocycles. The van der Waals surface area contributed by atoms with Crippen molar-refractivity contribution >= 4 is 13.8 Å². The molecule has 0 aromatic heterocycles. The third kappa shape index (κ3) is 4.65. The van der Waals surface area contributed by atoms with Crippen LogP contribution in [0.3, 0.4) is 0 Å². The summed E-state index contributed by atoms with van der Waals surface area (Å²) in [5, 5.41) is 7.92. The number of hydrazone groups is 1. The summed E-state index contributed by atoms with van der Waals surface area (Å²) >= 11 is 0. The van der Waals surface area contributed by atoms with Gasteiger partial charge in [-0.2, -0.15) is 5.10 Å². The fourth-order valence-electron chi connectivity index (χ4n) is 4.10. The summed E-state index contributed by atoms with van der Waals surface area (Å²) in [5.41, 5.74) is 3.01. The van der Waals surface area contributed by atoms with Gasteiger partial charge < -0.3 is 4.74 Å². The van der Waals surface area contributed by atoms with Crippen LogP contribution in [0.25, 0.3) is 0 Å². The van der Waals surface area contributed by atoms with Crippen molar-refractivity contribution in [1.82, 2.24) is 5.01 Å². The SMILES string of the molecule is COC[C@@H]1CCCN1N=C(c1ccccc1)[C@@H](C)[Si](C)(C)C(C)(C)C(C)C. The average molecular weight is 389 g/mol. The zero-order chi connectivity index (χ0) is 20.2. The van der Waals surface area contributed by atoms with Gasteiger partial charge in [-0.1, -0.05) is 78.0 Å². The Labute approximate surface area is 168 Å². The molecule has 2 rings (SSSR count). The van der Waals surface area contributed by atoms with Gasteiger partial charge in [-0.05, 0) is 34.9 Å². The van der Waals surface area contributed by atoms with E-state index in [1.165, 1.54) is 24.1 Å². The minimum Gasteiger partial charge on any atom is -0.382 e. The lowest BCUT2D eigenvalue weighted by atomic mass is 9.99. The maximum Gasteiger partial charge on any atom is 0.0704 e. The molecule has 1 aromatic carbocycles. The number of hydrogen-bond acceptors (Lipinski definition) is 3. The largest absolute Gasteiger partial charge is 0.382 e. The van der Waals surface area contributed by atoms with Gasteiger partial charge in [0.05, 0.1) is 26.4 Å². The van der Waals surface area contributed by atoms with Crippen molar-refractivity contribution in [3.63, 3.8) is 0 Å². The summed E-state index contributed by atoms with van der Waals surface area (Å²) in [6.07, 6.45) is 2.37. The van der Waals surface area contributed by atoms with Crippen molar-refractivity contribution in [2.24, 2.45) is 11.0 Å². The van der Waals surface area contributed by atoms with Crippen LogP contribution in [0.4, 0.5) is 0 Å². The molecule has 4 heteroatoms. The van der Waals surface area contributed by atoms with Crippen molar-refractivity contribution in [2.45, 2.75) is 77.2 Å². The molecule has 27 heavy (non-hydrogen) atoms. The van der Waals surface area contributed by atoms with Gasteiger partial charge in [-0.15, -0.1) is 0 Å². The van der Waals surface area contributed by atoms with Crippen LogP contribution in [0.15, 0.2) is 35.4 Å². The van der Waals surface area contributed by atoms with E-state index in [-0.39, 0.29) is 0 Å². The predicted molar refractivity (Wildman–Crippen MR) is 120 cm³/mol. The Hall–Kier alpha value is -1.13. The van der Waals surface area contributed by atoms with Gasteiger partial charge in [-0.3, -0.25) is 5.01 Å². The Morgan fingerprint density at radius 3 is 2.41 bits per heavy atom. The van der Waals surface area contributed by atoms with Crippen molar-refractivity contribution in [3.05, 3.63) is 35.9 Å². The molecule has 0 radical (unpaired) electrons. The van der Waals surface area contributed by atoms with E-state index >= 15 is 0 Å². The molecule has 0 bridgehead atoms. The summed E-state index contributed by atoms with van der Waals surface area (Å²) in [6.45, 7) is 19.0. The molecular formula is C23H40N2OSi. The molecule has 0 N–H and O–H groups in total. The topological polar surface area (TPSA) is 24.8 Å². The van der Waals surface area contributed by atoms with Gasteiger partial charge in [0, 0.05) is 13.7 Å². The van der Waals surface area contributed by atoms with Crippen LogP contribution in [0.5, 0.6) is 0 Å². The molecule has 3 nitrogen and oxygen atoms in total. The summed E-state index contributed by atoms with van der Waals surface area (Å²) in [5.74, 6) is 0.659. The second kappa shape index (κ2) is 8.91.